The third kappa shape index (κ3) is 1.41. The number of fused-ring (bicyclic) bond motifs is 2. The van der Waals surface area contributed by atoms with Crippen LogP contribution in [0.5, 0.6) is 0 Å². The number of nitrogens with zero attached hydrogens (tertiary/aromatic N) is 1. The van der Waals surface area contributed by atoms with Gasteiger partial charge in [-0.05, 0) is 26.8 Å². The predicted molar refractivity (Wildman–Crippen MR) is 61.0 cm³/mol. The van der Waals surface area contributed by atoms with E-state index in [1.165, 1.54) is 18.4 Å². The Bertz CT molecular complexity index is 363. The van der Waals surface area contributed by atoms with Gasteiger partial charge < -0.3 is 9.64 Å². The lowest BCUT2D eigenvalue weighted by atomic mass is 9.66. The summed E-state index contributed by atoms with van der Waals surface area (Å²) in [5, 5.41) is 0. The highest BCUT2D eigenvalue weighted by Crippen LogP contribution is 2.48. The van der Waals surface area contributed by atoms with Gasteiger partial charge in [0.15, 0.2) is 0 Å². The SMILES string of the molecule is CC1=CC(=O)O[C@@]2(C1)C[C@H]1CCC2CN1C. The van der Waals surface area contributed by atoms with Crippen LogP contribution in [0.15, 0.2) is 11.6 Å². The Labute approximate surface area is 96.4 Å². The predicted octanol–water partition coefficient (Wildman–Crippen LogP) is 1.73. The molecule has 0 aromatic heterocycles. The molecule has 1 aliphatic carbocycles. The third-order valence-corrected chi connectivity index (χ3v) is 4.55. The summed E-state index contributed by atoms with van der Waals surface area (Å²) < 4.78 is 5.73. The molecule has 0 N–H and O–H groups in total. The van der Waals surface area contributed by atoms with Gasteiger partial charge in [0.05, 0.1) is 0 Å². The van der Waals surface area contributed by atoms with Gasteiger partial charge in [0.2, 0.25) is 0 Å². The fourth-order valence-electron chi connectivity index (χ4n) is 3.79. The van der Waals surface area contributed by atoms with Crippen molar-refractivity contribution >= 4 is 5.97 Å². The quantitative estimate of drug-likeness (QED) is 0.583. The van der Waals surface area contributed by atoms with E-state index in [4.69, 9.17) is 4.74 Å². The van der Waals surface area contributed by atoms with Crippen LogP contribution in [0.2, 0.25) is 0 Å². The number of hydrogen-bond acceptors (Lipinski definition) is 3. The summed E-state index contributed by atoms with van der Waals surface area (Å²) in [6.07, 6.45) is 6.12. The molecule has 3 atom stereocenters. The van der Waals surface area contributed by atoms with Gasteiger partial charge in [-0.1, -0.05) is 5.57 Å². The van der Waals surface area contributed by atoms with Crippen LogP contribution in [0.25, 0.3) is 0 Å². The number of rotatable bonds is 0. The van der Waals surface area contributed by atoms with Crippen LogP contribution >= 0.6 is 0 Å². The van der Waals surface area contributed by atoms with Crippen LogP contribution in [0.4, 0.5) is 0 Å². The normalized spacial score (nSPS) is 43.4. The Balaban J connectivity index is 1.90. The topological polar surface area (TPSA) is 29.5 Å². The highest BCUT2D eigenvalue weighted by Gasteiger charge is 2.53. The average Bonchev–Trinajstić information content (AvgIpc) is 2.18. The summed E-state index contributed by atoms with van der Waals surface area (Å²) in [5.41, 5.74) is 1.03. The first-order valence-corrected chi connectivity index (χ1v) is 6.19. The Morgan fingerprint density at radius 1 is 1.50 bits per heavy atom. The lowest BCUT2D eigenvalue weighted by molar-refractivity contribution is -0.183. The van der Waals surface area contributed by atoms with Crippen molar-refractivity contribution < 1.29 is 9.53 Å². The minimum Gasteiger partial charge on any atom is -0.455 e. The number of hydrogen-bond donors (Lipinski definition) is 0. The zero-order chi connectivity index (χ0) is 11.3. The van der Waals surface area contributed by atoms with Crippen molar-refractivity contribution in [3.05, 3.63) is 11.6 Å². The maximum atomic E-state index is 11.6. The van der Waals surface area contributed by atoms with Gasteiger partial charge in [-0.3, -0.25) is 0 Å². The molecule has 0 amide bonds. The van der Waals surface area contributed by atoms with Crippen molar-refractivity contribution in [1.29, 1.82) is 0 Å². The summed E-state index contributed by atoms with van der Waals surface area (Å²) in [7, 11) is 2.19. The summed E-state index contributed by atoms with van der Waals surface area (Å²) >= 11 is 0. The number of esters is 1. The molecule has 4 aliphatic rings. The molecule has 1 saturated carbocycles. The van der Waals surface area contributed by atoms with Gasteiger partial charge in [0.1, 0.15) is 5.60 Å². The zero-order valence-electron chi connectivity index (χ0n) is 10.0. The van der Waals surface area contributed by atoms with E-state index in [2.05, 4.69) is 11.9 Å². The number of carbonyl (C=O) groups excluding carboxylic acids is 1. The molecule has 2 bridgehead atoms. The molecule has 0 aromatic carbocycles. The minimum atomic E-state index is -0.161. The monoisotopic (exact) mass is 221 g/mol. The molecule has 1 spiro atoms. The van der Waals surface area contributed by atoms with Crippen LogP contribution in [0.3, 0.4) is 0 Å². The Morgan fingerprint density at radius 2 is 2.31 bits per heavy atom. The van der Waals surface area contributed by atoms with Gasteiger partial charge in [0, 0.05) is 37.4 Å². The van der Waals surface area contributed by atoms with E-state index >= 15 is 0 Å². The minimum absolute atomic E-state index is 0.126. The van der Waals surface area contributed by atoms with E-state index in [1.54, 1.807) is 6.08 Å². The van der Waals surface area contributed by atoms with Gasteiger partial charge in [-0.15, -0.1) is 0 Å². The third-order valence-electron chi connectivity index (χ3n) is 4.55. The van der Waals surface area contributed by atoms with Crippen molar-refractivity contribution in [1.82, 2.24) is 4.90 Å². The average molecular weight is 221 g/mol. The van der Waals surface area contributed by atoms with Crippen LogP contribution in [0, 0.1) is 5.92 Å². The van der Waals surface area contributed by atoms with Crippen molar-refractivity contribution in [3.63, 3.8) is 0 Å². The van der Waals surface area contributed by atoms with E-state index in [1.807, 2.05) is 6.92 Å². The summed E-state index contributed by atoms with van der Waals surface area (Å²) in [4.78, 5) is 14.0. The molecule has 1 unspecified atom stereocenters. The van der Waals surface area contributed by atoms with E-state index in [-0.39, 0.29) is 11.6 Å². The second-order valence-electron chi connectivity index (χ2n) is 5.73. The number of piperidine rings is 2. The zero-order valence-corrected chi connectivity index (χ0v) is 10.0. The summed E-state index contributed by atoms with van der Waals surface area (Å²) in [6.45, 7) is 3.14. The van der Waals surface area contributed by atoms with Crippen LogP contribution < -0.4 is 0 Å². The molecule has 3 fully saturated rings. The largest absolute Gasteiger partial charge is 0.455 e. The first kappa shape index (κ1) is 10.3. The molecule has 0 aromatic rings. The summed E-state index contributed by atoms with van der Waals surface area (Å²) in [5.74, 6) is 0.411. The number of carbonyl (C=O) groups is 1. The second kappa shape index (κ2) is 3.33. The van der Waals surface area contributed by atoms with Crippen LogP contribution in [-0.2, 0) is 9.53 Å². The molecule has 4 rings (SSSR count). The van der Waals surface area contributed by atoms with Crippen molar-refractivity contribution in [3.8, 4) is 0 Å². The molecule has 3 nitrogen and oxygen atoms in total. The first-order valence-electron chi connectivity index (χ1n) is 6.19. The number of ether oxygens (including phenoxy) is 1. The van der Waals surface area contributed by atoms with E-state index in [0.717, 1.165) is 19.4 Å². The lowest BCUT2D eigenvalue weighted by Crippen LogP contribution is -2.61. The van der Waals surface area contributed by atoms with Gasteiger partial charge >= 0.3 is 5.97 Å². The van der Waals surface area contributed by atoms with Crippen LogP contribution in [0.1, 0.15) is 32.6 Å². The maximum Gasteiger partial charge on any atom is 0.331 e. The molecule has 0 radical (unpaired) electrons. The van der Waals surface area contributed by atoms with Crippen molar-refractivity contribution in [2.75, 3.05) is 13.6 Å². The Kier molecular flexibility index (Phi) is 2.15. The van der Waals surface area contributed by atoms with E-state index < -0.39 is 0 Å². The van der Waals surface area contributed by atoms with Crippen molar-refractivity contribution in [2.24, 2.45) is 5.92 Å². The van der Waals surface area contributed by atoms with E-state index in [0.29, 0.717) is 12.0 Å². The summed E-state index contributed by atoms with van der Waals surface area (Å²) in [6, 6.07) is 0.615. The molecule has 88 valence electrons. The van der Waals surface area contributed by atoms with Gasteiger partial charge in [-0.25, -0.2) is 4.79 Å². The van der Waals surface area contributed by atoms with Gasteiger partial charge in [0.25, 0.3) is 0 Å². The highest BCUT2D eigenvalue weighted by molar-refractivity contribution is 5.84. The Morgan fingerprint density at radius 3 is 2.88 bits per heavy atom. The maximum absolute atomic E-state index is 11.6. The lowest BCUT2D eigenvalue weighted by Gasteiger charge is -2.55. The molecule has 3 heterocycles. The van der Waals surface area contributed by atoms with Crippen molar-refractivity contribution in [2.45, 2.75) is 44.2 Å². The molecular weight excluding hydrogens is 202 g/mol. The highest BCUT2D eigenvalue weighted by atomic mass is 16.6. The van der Waals surface area contributed by atoms with Gasteiger partial charge in [-0.2, -0.15) is 0 Å². The Hall–Kier alpha value is -0.830. The fraction of sp³-hybridized carbons (Fsp3) is 0.769. The first-order chi connectivity index (χ1) is 7.59. The molecular formula is C13H19NO2. The van der Waals surface area contributed by atoms with E-state index in [9.17, 15) is 4.79 Å². The standard InChI is InChI=1S/C13H19NO2/c1-9-5-12(15)16-13(6-9)7-11-4-3-10(13)8-14(11)2/h5,10-11H,3-4,6-8H2,1-2H3/t10?,11-,13+/m1/s1. The fourth-order valence-corrected chi connectivity index (χ4v) is 3.79. The molecule has 16 heavy (non-hydrogen) atoms. The van der Waals surface area contributed by atoms with Crippen LogP contribution in [-0.4, -0.2) is 36.1 Å². The molecule has 3 aliphatic heterocycles. The molecule has 3 heteroatoms. The molecule has 2 saturated heterocycles. The second-order valence-corrected chi connectivity index (χ2v) is 5.73. The smallest absolute Gasteiger partial charge is 0.331 e.